The lowest BCUT2D eigenvalue weighted by Crippen LogP contribution is -2.20. The minimum absolute atomic E-state index is 0.00770. The first-order valence-electron chi connectivity index (χ1n) is 7.43. The van der Waals surface area contributed by atoms with Gasteiger partial charge >= 0.3 is 0 Å². The zero-order chi connectivity index (χ0) is 15.5. The number of halogens is 1. The predicted molar refractivity (Wildman–Crippen MR) is 87.0 cm³/mol. The number of benzene rings is 2. The van der Waals surface area contributed by atoms with E-state index < -0.39 is 0 Å². The van der Waals surface area contributed by atoms with Gasteiger partial charge in [0, 0.05) is 11.6 Å². The fourth-order valence-corrected chi connectivity index (χ4v) is 2.50. The molecule has 1 N–H and O–H groups in total. The summed E-state index contributed by atoms with van der Waals surface area (Å²) in [5.74, 6) is -0.150. The van der Waals surface area contributed by atoms with Crippen LogP contribution in [0.2, 0.25) is 0 Å². The molecule has 112 valence electrons. The van der Waals surface area contributed by atoms with Crippen molar-refractivity contribution in [2.24, 2.45) is 0 Å². The number of hydrogen-bond donors (Lipinski definition) is 1. The van der Waals surface area contributed by atoms with Gasteiger partial charge in [-0.3, -0.25) is 0 Å². The molecule has 0 bridgehead atoms. The van der Waals surface area contributed by atoms with Crippen molar-refractivity contribution in [2.75, 3.05) is 7.05 Å². The SMILES string of the molecule is CNC(Cc1ccc(C(C)(C)C)cc1)c1ccccc1F. The average Bonchev–Trinajstić information content (AvgIpc) is 2.45. The standard InChI is InChI=1S/C19H24FN/c1-19(2,3)15-11-9-14(10-12-15)13-18(21-4)16-7-5-6-8-17(16)20/h5-12,18,21H,13H2,1-4H3. The summed E-state index contributed by atoms with van der Waals surface area (Å²) in [5.41, 5.74) is 3.41. The van der Waals surface area contributed by atoms with Gasteiger partial charge in [0.05, 0.1) is 0 Å². The Balaban J connectivity index is 2.18. The van der Waals surface area contributed by atoms with E-state index in [1.165, 1.54) is 17.2 Å². The summed E-state index contributed by atoms with van der Waals surface area (Å²) >= 11 is 0. The summed E-state index contributed by atoms with van der Waals surface area (Å²) in [7, 11) is 1.88. The Kier molecular flexibility index (Phi) is 4.79. The summed E-state index contributed by atoms with van der Waals surface area (Å²) in [6.45, 7) is 6.62. The molecule has 1 unspecified atom stereocenters. The molecule has 2 rings (SSSR count). The van der Waals surface area contributed by atoms with Gasteiger partial charge in [-0.2, -0.15) is 0 Å². The smallest absolute Gasteiger partial charge is 0.127 e. The molecular weight excluding hydrogens is 261 g/mol. The molecule has 1 nitrogen and oxygen atoms in total. The van der Waals surface area contributed by atoms with E-state index in [-0.39, 0.29) is 17.3 Å². The molecule has 2 aromatic carbocycles. The van der Waals surface area contributed by atoms with Crippen molar-refractivity contribution < 1.29 is 4.39 Å². The minimum Gasteiger partial charge on any atom is -0.313 e. The minimum atomic E-state index is -0.150. The van der Waals surface area contributed by atoms with Crippen molar-refractivity contribution in [3.8, 4) is 0 Å². The molecule has 2 heteroatoms. The Bertz CT molecular complexity index is 581. The van der Waals surface area contributed by atoms with Crippen molar-refractivity contribution in [2.45, 2.75) is 38.6 Å². The largest absolute Gasteiger partial charge is 0.313 e. The maximum absolute atomic E-state index is 13.9. The van der Waals surface area contributed by atoms with Crippen LogP contribution in [0.5, 0.6) is 0 Å². The Morgan fingerprint density at radius 1 is 1.00 bits per heavy atom. The molecule has 21 heavy (non-hydrogen) atoms. The molecule has 0 amide bonds. The van der Waals surface area contributed by atoms with Crippen LogP contribution in [0.15, 0.2) is 48.5 Å². The lowest BCUT2D eigenvalue weighted by atomic mass is 9.86. The fourth-order valence-electron chi connectivity index (χ4n) is 2.50. The first-order chi connectivity index (χ1) is 9.91. The highest BCUT2D eigenvalue weighted by atomic mass is 19.1. The van der Waals surface area contributed by atoms with Gasteiger partial charge in [0.1, 0.15) is 5.82 Å². The lowest BCUT2D eigenvalue weighted by Gasteiger charge is -2.21. The van der Waals surface area contributed by atoms with E-state index in [9.17, 15) is 4.39 Å². The molecule has 0 aromatic heterocycles. The van der Waals surface area contributed by atoms with Crippen LogP contribution in [0.1, 0.15) is 43.5 Å². The number of hydrogen-bond acceptors (Lipinski definition) is 1. The molecule has 0 aliphatic rings. The van der Waals surface area contributed by atoms with Gasteiger partial charge in [0.15, 0.2) is 0 Å². The van der Waals surface area contributed by atoms with Crippen LogP contribution in [0, 0.1) is 5.82 Å². The van der Waals surface area contributed by atoms with Crippen LogP contribution in [-0.4, -0.2) is 7.05 Å². The highest BCUT2D eigenvalue weighted by Crippen LogP contribution is 2.25. The second kappa shape index (κ2) is 6.40. The third-order valence-electron chi connectivity index (χ3n) is 3.89. The van der Waals surface area contributed by atoms with Gasteiger partial charge < -0.3 is 5.32 Å². The Morgan fingerprint density at radius 2 is 1.62 bits per heavy atom. The second-order valence-corrected chi connectivity index (χ2v) is 6.51. The van der Waals surface area contributed by atoms with Gasteiger partial charge in [-0.25, -0.2) is 4.39 Å². The molecule has 0 spiro atoms. The zero-order valence-electron chi connectivity index (χ0n) is 13.3. The van der Waals surface area contributed by atoms with E-state index >= 15 is 0 Å². The van der Waals surface area contributed by atoms with Gasteiger partial charge in [-0.05, 0) is 36.1 Å². The summed E-state index contributed by atoms with van der Waals surface area (Å²) in [4.78, 5) is 0. The summed E-state index contributed by atoms with van der Waals surface area (Å²) in [6, 6.07) is 15.6. The summed E-state index contributed by atoms with van der Waals surface area (Å²) in [5, 5.41) is 3.21. The summed E-state index contributed by atoms with van der Waals surface area (Å²) < 4.78 is 13.9. The van der Waals surface area contributed by atoms with Crippen LogP contribution in [0.25, 0.3) is 0 Å². The third kappa shape index (κ3) is 3.92. The number of rotatable bonds is 4. The van der Waals surface area contributed by atoms with Crippen LogP contribution in [-0.2, 0) is 11.8 Å². The molecule has 0 saturated carbocycles. The molecule has 0 fully saturated rings. The summed E-state index contributed by atoms with van der Waals surface area (Å²) in [6.07, 6.45) is 0.780. The van der Waals surface area contributed by atoms with E-state index in [1.807, 2.05) is 19.2 Å². The van der Waals surface area contributed by atoms with Crippen molar-refractivity contribution in [3.63, 3.8) is 0 Å². The number of nitrogens with one attached hydrogen (secondary N) is 1. The molecular formula is C19H24FN. The Hall–Kier alpha value is -1.67. The molecule has 1 atom stereocenters. The van der Waals surface area contributed by atoms with E-state index in [0.29, 0.717) is 0 Å². The molecule has 0 aliphatic heterocycles. The highest BCUT2D eigenvalue weighted by molar-refractivity contribution is 5.30. The van der Waals surface area contributed by atoms with Crippen molar-refractivity contribution in [1.82, 2.24) is 5.32 Å². The molecule has 0 heterocycles. The van der Waals surface area contributed by atoms with Crippen LogP contribution >= 0.6 is 0 Å². The quantitative estimate of drug-likeness (QED) is 0.864. The van der Waals surface area contributed by atoms with E-state index in [4.69, 9.17) is 0 Å². The first-order valence-corrected chi connectivity index (χ1v) is 7.43. The van der Waals surface area contributed by atoms with Crippen LogP contribution in [0.3, 0.4) is 0 Å². The van der Waals surface area contributed by atoms with Gasteiger partial charge in [-0.15, -0.1) is 0 Å². The van der Waals surface area contributed by atoms with Gasteiger partial charge in [0.25, 0.3) is 0 Å². The molecule has 0 radical (unpaired) electrons. The van der Waals surface area contributed by atoms with E-state index in [0.717, 1.165) is 12.0 Å². The topological polar surface area (TPSA) is 12.0 Å². The van der Waals surface area contributed by atoms with Crippen molar-refractivity contribution in [1.29, 1.82) is 0 Å². The van der Waals surface area contributed by atoms with Crippen LogP contribution in [0.4, 0.5) is 4.39 Å². The average molecular weight is 285 g/mol. The monoisotopic (exact) mass is 285 g/mol. The first kappa shape index (κ1) is 15.7. The second-order valence-electron chi connectivity index (χ2n) is 6.51. The zero-order valence-corrected chi connectivity index (χ0v) is 13.3. The van der Waals surface area contributed by atoms with Crippen molar-refractivity contribution >= 4 is 0 Å². The fraction of sp³-hybridized carbons (Fsp3) is 0.368. The molecule has 0 aliphatic carbocycles. The Labute approximate surface area is 127 Å². The maximum atomic E-state index is 13.9. The third-order valence-corrected chi connectivity index (χ3v) is 3.89. The maximum Gasteiger partial charge on any atom is 0.127 e. The van der Waals surface area contributed by atoms with E-state index in [2.05, 4.69) is 50.4 Å². The van der Waals surface area contributed by atoms with Crippen molar-refractivity contribution in [3.05, 3.63) is 71.0 Å². The van der Waals surface area contributed by atoms with E-state index in [1.54, 1.807) is 6.07 Å². The highest BCUT2D eigenvalue weighted by Gasteiger charge is 2.16. The Morgan fingerprint density at radius 3 is 2.14 bits per heavy atom. The molecule has 2 aromatic rings. The predicted octanol–water partition coefficient (Wildman–Crippen LogP) is 4.63. The number of likely N-dealkylation sites (N-methyl/N-ethyl adjacent to an activating group) is 1. The normalized spacial score (nSPS) is 13.2. The van der Waals surface area contributed by atoms with Gasteiger partial charge in [0.2, 0.25) is 0 Å². The lowest BCUT2D eigenvalue weighted by molar-refractivity contribution is 0.533. The van der Waals surface area contributed by atoms with Crippen LogP contribution < -0.4 is 5.32 Å². The molecule has 0 saturated heterocycles. The van der Waals surface area contributed by atoms with Gasteiger partial charge in [-0.1, -0.05) is 63.2 Å².